The average Bonchev–Trinajstić information content (AvgIpc) is 2.24. The van der Waals surface area contributed by atoms with E-state index in [0.717, 1.165) is 31.6 Å². The van der Waals surface area contributed by atoms with Gasteiger partial charge in [0.25, 0.3) is 0 Å². The van der Waals surface area contributed by atoms with Crippen LogP contribution in [0.25, 0.3) is 0 Å². The first-order valence-electron chi connectivity index (χ1n) is 5.49. The van der Waals surface area contributed by atoms with E-state index in [9.17, 15) is 5.11 Å². The van der Waals surface area contributed by atoms with E-state index in [1.165, 1.54) is 0 Å². The van der Waals surface area contributed by atoms with Crippen LogP contribution in [0.2, 0.25) is 0 Å². The zero-order valence-corrected chi connectivity index (χ0v) is 9.19. The zero-order chi connectivity index (χ0) is 10.7. The summed E-state index contributed by atoms with van der Waals surface area (Å²) in [6, 6.07) is 5.86. The molecule has 0 amide bonds. The van der Waals surface area contributed by atoms with E-state index in [-0.39, 0.29) is 0 Å². The predicted octanol–water partition coefficient (Wildman–Crippen LogP) is 1.08. The fourth-order valence-electron chi connectivity index (χ4n) is 2.05. The summed E-state index contributed by atoms with van der Waals surface area (Å²) in [5.74, 6) is 0. The largest absolute Gasteiger partial charge is 0.389 e. The molecule has 3 nitrogen and oxygen atoms in total. The van der Waals surface area contributed by atoms with Crippen LogP contribution in [0.3, 0.4) is 0 Å². The third-order valence-electron chi connectivity index (χ3n) is 3.15. The molecule has 1 saturated heterocycles. The van der Waals surface area contributed by atoms with E-state index >= 15 is 0 Å². The predicted molar refractivity (Wildman–Crippen MR) is 59.6 cm³/mol. The van der Waals surface area contributed by atoms with Crippen LogP contribution in [-0.4, -0.2) is 40.7 Å². The van der Waals surface area contributed by atoms with Crippen molar-refractivity contribution in [2.75, 3.05) is 20.1 Å². The second kappa shape index (κ2) is 4.29. The summed E-state index contributed by atoms with van der Waals surface area (Å²) >= 11 is 0. The minimum Gasteiger partial charge on any atom is -0.389 e. The zero-order valence-electron chi connectivity index (χ0n) is 9.19. The van der Waals surface area contributed by atoms with Crippen molar-refractivity contribution in [2.45, 2.75) is 24.9 Å². The summed E-state index contributed by atoms with van der Waals surface area (Å²) in [6.45, 7) is 1.95. The molecule has 0 unspecified atom stereocenters. The average molecular weight is 206 g/mol. The van der Waals surface area contributed by atoms with Gasteiger partial charge in [0.1, 0.15) is 0 Å². The van der Waals surface area contributed by atoms with E-state index < -0.39 is 5.60 Å². The summed E-state index contributed by atoms with van der Waals surface area (Å²) in [5.41, 5.74) is 0.450. The number of likely N-dealkylation sites (tertiary alicyclic amines) is 1. The Labute approximate surface area is 90.8 Å². The molecule has 1 aromatic rings. The lowest BCUT2D eigenvalue weighted by Crippen LogP contribution is -2.44. The van der Waals surface area contributed by atoms with Gasteiger partial charge in [-0.1, -0.05) is 6.07 Å². The van der Waals surface area contributed by atoms with Gasteiger partial charge in [-0.15, -0.1) is 0 Å². The van der Waals surface area contributed by atoms with Crippen molar-refractivity contribution in [1.82, 2.24) is 9.88 Å². The van der Waals surface area contributed by atoms with Crippen LogP contribution < -0.4 is 0 Å². The number of hydrogen-bond donors (Lipinski definition) is 1. The monoisotopic (exact) mass is 206 g/mol. The number of aliphatic hydroxyl groups is 1. The lowest BCUT2D eigenvalue weighted by molar-refractivity contribution is -0.0157. The Kier molecular flexibility index (Phi) is 3.03. The second-order valence-electron chi connectivity index (χ2n) is 4.53. The molecule has 1 N–H and O–H groups in total. The third-order valence-corrected chi connectivity index (χ3v) is 3.15. The molecular weight excluding hydrogens is 188 g/mol. The fourth-order valence-corrected chi connectivity index (χ4v) is 2.05. The van der Waals surface area contributed by atoms with Crippen LogP contribution in [0.15, 0.2) is 24.4 Å². The molecule has 0 atom stereocenters. The van der Waals surface area contributed by atoms with Crippen molar-refractivity contribution in [3.63, 3.8) is 0 Å². The van der Waals surface area contributed by atoms with E-state index in [4.69, 9.17) is 0 Å². The smallest absolute Gasteiger partial charge is 0.0727 e. The third kappa shape index (κ3) is 2.76. The highest BCUT2D eigenvalue weighted by atomic mass is 16.3. The molecule has 1 aromatic heterocycles. The molecule has 1 aliphatic rings. The van der Waals surface area contributed by atoms with Crippen molar-refractivity contribution < 1.29 is 5.11 Å². The lowest BCUT2D eigenvalue weighted by atomic mass is 9.87. The number of aromatic nitrogens is 1. The maximum absolute atomic E-state index is 10.4. The molecule has 82 valence electrons. The SMILES string of the molecule is CN1CCC(O)(Cc2ccccn2)CC1. The summed E-state index contributed by atoms with van der Waals surface area (Å²) in [5, 5.41) is 10.4. The first-order chi connectivity index (χ1) is 7.18. The number of pyridine rings is 1. The van der Waals surface area contributed by atoms with E-state index in [1.807, 2.05) is 18.2 Å². The van der Waals surface area contributed by atoms with Gasteiger partial charge in [0.05, 0.1) is 5.60 Å². The van der Waals surface area contributed by atoms with Gasteiger partial charge in [-0.05, 0) is 32.0 Å². The van der Waals surface area contributed by atoms with Gasteiger partial charge in [-0.2, -0.15) is 0 Å². The first-order valence-corrected chi connectivity index (χ1v) is 5.49. The molecule has 0 bridgehead atoms. The fraction of sp³-hybridized carbons (Fsp3) is 0.583. The van der Waals surface area contributed by atoms with E-state index in [0.29, 0.717) is 6.42 Å². The Hall–Kier alpha value is -0.930. The minimum absolute atomic E-state index is 0.541. The molecule has 0 aromatic carbocycles. The molecule has 15 heavy (non-hydrogen) atoms. The molecule has 0 radical (unpaired) electrons. The van der Waals surface area contributed by atoms with Gasteiger partial charge < -0.3 is 10.0 Å². The summed E-state index contributed by atoms with van der Waals surface area (Å²) in [6.07, 6.45) is 4.16. The molecule has 2 rings (SSSR count). The van der Waals surface area contributed by atoms with Crippen LogP contribution in [0.4, 0.5) is 0 Å². The van der Waals surface area contributed by atoms with Crippen molar-refractivity contribution in [1.29, 1.82) is 0 Å². The van der Waals surface area contributed by atoms with Gasteiger partial charge in [-0.25, -0.2) is 0 Å². The number of hydrogen-bond acceptors (Lipinski definition) is 3. The molecule has 1 aliphatic heterocycles. The summed E-state index contributed by atoms with van der Waals surface area (Å²) in [7, 11) is 2.10. The molecular formula is C12H18N2O. The van der Waals surface area contributed by atoms with Gasteiger partial charge in [0.15, 0.2) is 0 Å². The van der Waals surface area contributed by atoms with Crippen LogP contribution >= 0.6 is 0 Å². The number of piperidine rings is 1. The Morgan fingerprint density at radius 2 is 2.13 bits per heavy atom. The number of rotatable bonds is 2. The molecule has 0 aliphatic carbocycles. The Morgan fingerprint density at radius 3 is 2.73 bits per heavy atom. The van der Waals surface area contributed by atoms with Crippen molar-refractivity contribution >= 4 is 0 Å². The van der Waals surface area contributed by atoms with E-state index in [1.54, 1.807) is 6.20 Å². The highest BCUT2D eigenvalue weighted by Gasteiger charge is 2.31. The van der Waals surface area contributed by atoms with Crippen LogP contribution in [0, 0.1) is 0 Å². The van der Waals surface area contributed by atoms with E-state index in [2.05, 4.69) is 16.9 Å². The van der Waals surface area contributed by atoms with Crippen LogP contribution in [-0.2, 0) is 6.42 Å². The second-order valence-corrected chi connectivity index (χ2v) is 4.53. The van der Waals surface area contributed by atoms with Crippen molar-refractivity contribution in [3.05, 3.63) is 30.1 Å². The maximum atomic E-state index is 10.4. The highest BCUT2D eigenvalue weighted by molar-refractivity contribution is 5.07. The van der Waals surface area contributed by atoms with Gasteiger partial charge in [-0.3, -0.25) is 4.98 Å². The van der Waals surface area contributed by atoms with Crippen molar-refractivity contribution in [2.24, 2.45) is 0 Å². The van der Waals surface area contributed by atoms with Gasteiger partial charge in [0, 0.05) is 31.4 Å². The van der Waals surface area contributed by atoms with Crippen molar-refractivity contribution in [3.8, 4) is 0 Å². The molecule has 0 spiro atoms. The number of nitrogens with zero attached hydrogens (tertiary/aromatic N) is 2. The minimum atomic E-state index is -0.541. The first kappa shape index (κ1) is 10.6. The van der Waals surface area contributed by atoms with Gasteiger partial charge >= 0.3 is 0 Å². The Balaban J connectivity index is 1.99. The topological polar surface area (TPSA) is 36.4 Å². The maximum Gasteiger partial charge on any atom is 0.0727 e. The van der Waals surface area contributed by atoms with Gasteiger partial charge in [0.2, 0.25) is 0 Å². The highest BCUT2D eigenvalue weighted by Crippen LogP contribution is 2.24. The Morgan fingerprint density at radius 1 is 1.40 bits per heavy atom. The normalized spacial score (nSPS) is 21.5. The quantitative estimate of drug-likeness (QED) is 0.786. The Bertz CT molecular complexity index is 305. The standard InChI is InChI=1S/C12H18N2O/c1-14-8-5-12(15,6-9-14)10-11-4-2-3-7-13-11/h2-4,7,15H,5-6,8-10H2,1H3. The van der Waals surface area contributed by atoms with Crippen LogP contribution in [0.1, 0.15) is 18.5 Å². The molecule has 2 heterocycles. The molecule has 0 saturated carbocycles. The summed E-state index contributed by atoms with van der Waals surface area (Å²) < 4.78 is 0. The molecule has 3 heteroatoms. The molecule has 1 fully saturated rings. The van der Waals surface area contributed by atoms with Crippen LogP contribution in [0.5, 0.6) is 0 Å². The summed E-state index contributed by atoms with van der Waals surface area (Å²) in [4.78, 5) is 6.52. The lowest BCUT2D eigenvalue weighted by Gasteiger charge is -2.36.